The average molecular weight is 286 g/mol. The summed E-state index contributed by atoms with van der Waals surface area (Å²) in [5, 5.41) is 3.71. The SMILES string of the molecule is CCCNC(c1ccn(Cc2cncn2CC)c1)C1CC1. The highest BCUT2D eigenvalue weighted by Crippen LogP contribution is 2.41. The molecule has 0 radical (unpaired) electrons. The molecule has 0 aliphatic heterocycles. The van der Waals surface area contributed by atoms with Gasteiger partial charge in [0, 0.05) is 31.2 Å². The van der Waals surface area contributed by atoms with Gasteiger partial charge in [-0.25, -0.2) is 4.98 Å². The number of nitrogens with one attached hydrogen (secondary N) is 1. The molecule has 0 spiro atoms. The summed E-state index contributed by atoms with van der Waals surface area (Å²) in [6, 6.07) is 2.82. The highest BCUT2D eigenvalue weighted by atomic mass is 15.1. The van der Waals surface area contributed by atoms with E-state index < -0.39 is 0 Å². The monoisotopic (exact) mass is 286 g/mol. The van der Waals surface area contributed by atoms with Crippen LogP contribution in [0.3, 0.4) is 0 Å². The van der Waals surface area contributed by atoms with E-state index in [0.29, 0.717) is 6.04 Å². The van der Waals surface area contributed by atoms with Crippen LogP contribution in [0.1, 0.15) is 50.4 Å². The Balaban J connectivity index is 1.70. The second-order valence-corrected chi connectivity index (χ2v) is 6.06. The fraction of sp³-hybridized carbons (Fsp3) is 0.588. The van der Waals surface area contributed by atoms with Crippen molar-refractivity contribution in [3.05, 3.63) is 42.2 Å². The highest BCUT2D eigenvalue weighted by molar-refractivity contribution is 5.19. The number of imidazole rings is 1. The molecule has 2 heterocycles. The fourth-order valence-corrected chi connectivity index (χ4v) is 2.98. The lowest BCUT2D eigenvalue weighted by atomic mass is 10.1. The van der Waals surface area contributed by atoms with Crippen LogP contribution in [0.15, 0.2) is 31.0 Å². The minimum Gasteiger partial charge on any atom is -0.348 e. The molecule has 1 fully saturated rings. The van der Waals surface area contributed by atoms with E-state index in [9.17, 15) is 0 Å². The van der Waals surface area contributed by atoms with Crippen molar-refractivity contribution in [2.24, 2.45) is 5.92 Å². The second kappa shape index (κ2) is 6.48. The Kier molecular flexibility index (Phi) is 4.44. The first-order valence-corrected chi connectivity index (χ1v) is 8.19. The minimum atomic E-state index is 0.544. The number of rotatable bonds is 8. The highest BCUT2D eigenvalue weighted by Gasteiger charge is 2.32. The standard InChI is InChI=1S/C17H26N4/c1-3-8-19-17(14-5-6-14)15-7-9-20(11-15)12-16-10-18-13-21(16)4-2/h7,9-11,13-14,17,19H,3-6,8,12H2,1-2H3. The van der Waals surface area contributed by atoms with Crippen molar-refractivity contribution < 1.29 is 0 Å². The van der Waals surface area contributed by atoms with E-state index >= 15 is 0 Å². The first-order chi connectivity index (χ1) is 10.3. The van der Waals surface area contributed by atoms with Crippen LogP contribution in [-0.2, 0) is 13.1 Å². The minimum absolute atomic E-state index is 0.544. The number of nitrogens with zero attached hydrogens (tertiary/aromatic N) is 3. The van der Waals surface area contributed by atoms with Crippen LogP contribution < -0.4 is 5.32 Å². The van der Waals surface area contributed by atoms with E-state index in [2.05, 4.69) is 51.7 Å². The van der Waals surface area contributed by atoms with Gasteiger partial charge in [0.05, 0.1) is 18.6 Å². The smallest absolute Gasteiger partial charge is 0.0948 e. The summed E-state index contributed by atoms with van der Waals surface area (Å²) >= 11 is 0. The Hall–Kier alpha value is -1.55. The molecule has 0 aromatic carbocycles. The Morgan fingerprint density at radius 1 is 1.38 bits per heavy atom. The molecule has 1 unspecified atom stereocenters. The van der Waals surface area contributed by atoms with Gasteiger partial charge in [-0.3, -0.25) is 0 Å². The molecule has 114 valence electrons. The van der Waals surface area contributed by atoms with Crippen molar-refractivity contribution in [2.75, 3.05) is 6.54 Å². The fourth-order valence-electron chi connectivity index (χ4n) is 2.98. The molecule has 2 aromatic rings. The van der Waals surface area contributed by atoms with Gasteiger partial charge in [-0.2, -0.15) is 0 Å². The lowest BCUT2D eigenvalue weighted by Gasteiger charge is -2.16. The molecule has 3 rings (SSSR count). The van der Waals surface area contributed by atoms with E-state index in [1.165, 1.54) is 30.5 Å². The maximum Gasteiger partial charge on any atom is 0.0948 e. The summed E-state index contributed by atoms with van der Waals surface area (Å²) in [4.78, 5) is 4.25. The summed E-state index contributed by atoms with van der Waals surface area (Å²) in [6.45, 7) is 7.37. The van der Waals surface area contributed by atoms with Gasteiger partial charge in [0.25, 0.3) is 0 Å². The molecular formula is C17H26N4. The quantitative estimate of drug-likeness (QED) is 0.808. The van der Waals surface area contributed by atoms with E-state index in [0.717, 1.165) is 25.6 Å². The molecule has 0 bridgehead atoms. The third-order valence-corrected chi connectivity index (χ3v) is 4.32. The third kappa shape index (κ3) is 3.38. The number of hydrogen-bond donors (Lipinski definition) is 1. The second-order valence-electron chi connectivity index (χ2n) is 6.06. The Morgan fingerprint density at radius 3 is 2.95 bits per heavy atom. The molecule has 1 aliphatic rings. The van der Waals surface area contributed by atoms with Gasteiger partial charge >= 0.3 is 0 Å². The van der Waals surface area contributed by atoms with Crippen LogP contribution in [0, 0.1) is 5.92 Å². The molecule has 1 saturated carbocycles. The number of aryl methyl sites for hydroxylation is 1. The average Bonchev–Trinajstić information content (AvgIpc) is 3.06. The van der Waals surface area contributed by atoms with Gasteiger partial charge in [0.15, 0.2) is 0 Å². The van der Waals surface area contributed by atoms with Crippen molar-refractivity contribution in [1.29, 1.82) is 0 Å². The predicted octanol–water partition coefficient (Wildman–Crippen LogP) is 3.20. The van der Waals surface area contributed by atoms with Crippen LogP contribution in [0.4, 0.5) is 0 Å². The molecule has 4 nitrogen and oxygen atoms in total. The molecule has 1 atom stereocenters. The lowest BCUT2D eigenvalue weighted by Crippen LogP contribution is -2.23. The van der Waals surface area contributed by atoms with E-state index in [4.69, 9.17) is 0 Å². The van der Waals surface area contributed by atoms with E-state index in [-0.39, 0.29) is 0 Å². The largest absolute Gasteiger partial charge is 0.348 e. The van der Waals surface area contributed by atoms with Gasteiger partial charge in [-0.15, -0.1) is 0 Å². The Bertz CT molecular complexity index is 565. The van der Waals surface area contributed by atoms with Crippen LogP contribution in [0.25, 0.3) is 0 Å². The summed E-state index contributed by atoms with van der Waals surface area (Å²) in [5.41, 5.74) is 2.71. The summed E-state index contributed by atoms with van der Waals surface area (Å²) < 4.78 is 4.48. The van der Waals surface area contributed by atoms with Crippen LogP contribution >= 0.6 is 0 Å². The number of aromatic nitrogens is 3. The lowest BCUT2D eigenvalue weighted by molar-refractivity contribution is 0.480. The summed E-state index contributed by atoms with van der Waals surface area (Å²) in [7, 11) is 0. The van der Waals surface area contributed by atoms with Crippen LogP contribution in [-0.4, -0.2) is 20.7 Å². The molecule has 2 aromatic heterocycles. The topological polar surface area (TPSA) is 34.8 Å². The zero-order chi connectivity index (χ0) is 14.7. The van der Waals surface area contributed by atoms with Gasteiger partial charge in [-0.1, -0.05) is 6.92 Å². The van der Waals surface area contributed by atoms with Gasteiger partial charge in [0.1, 0.15) is 0 Å². The molecule has 0 amide bonds. The zero-order valence-electron chi connectivity index (χ0n) is 13.1. The van der Waals surface area contributed by atoms with Gasteiger partial charge in [-0.05, 0) is 50.3 Å². The molecule has 1 aliphatic carbocycles. The maximum atomic E-state index is 4.25. The molecule has 21 heavy (non-hydrogen) atoms. The first kappa shape index (κ1) is 14.4. The first-order valence-electron chi connectivity index (χ1n) is 8.19. The van der Waals surface area contributed by atoms with E-state index in [1.807, 2.05) is 12.5 Å². The zero-order valence-corrected chi connectivity index (χ0v) is 13.1. The molecule has 0 saturated heterocycles. The van der Waals surface area contributed by atoms with Crippen molar-refractivity contribution in [2.45, 2.75) is 52.2 Å². The van der Waals surface area contributed by atoms with Crippen molar-refractivity contribution in [1.82, 2.24) is 19.4 Å². The maximum absolute atomic E-state index is 4.25. The van der Waals surface area contributed by atoms with Gasteiger partial charge < -0.3 is 14.5 Å². The number of hydrogen-bond acceptors (Lipinski definition) is 2. The summed E-state index contributed by atoms with van der Waals surface area (Å²) in [5.74, 6) is 0.841. The van der Waals surface area contributed by atoms with Crippen LogP contribution in [0.5, 0.6) is 0 Å². The predicted molar refractivity (Wildman–Crippen MR) is 85.2 cm³/mol. The molecule has 4 heteroatoms. The normalized spacial score (nSPS) is 16.3. The summed E-state index contributed by atoms with van der Waals surface area (Å²) in [6.07, 6.45) is 12.3. The molecule has 1 N–H and O–H groups in total. The third-order valence-electron chi connectivity index (χ3n) is 4.32. The molecular weight excluding hydrogens is 260 g/mol. The van der Waals surface area contributed by atoms with Crippen molar-refractivity contribution >= 4 is 0 Å². The van der Waals surface area contributed by atoms with E-state index in [1.54, 1.807) is 0 Å². The van der Waals surface area contributed by atoms with Crippen molar-refractivity contribution in [3.63, 3.8) is 0 Å². The van der Waals surface area contributed by atoms with Crippen LogP contribution in [0.2, 0.25) is 0 Å². The van der Waals surface area contributed by atoms with Gasteiger partial charge in [0.2, 0.25) is 0 Å². The Labute approximate surface area is 127 Å². The van der Waals surface area contributed by atoms with Crippen molar-refractivity contribution in [3.8, 4) is 0 Å². The Morgan fingerprint density at radius 2 is 2.24 bits per heavy atom.